The largest absolute Gasteiger partial charge is 0.416 e. The van der Waals surface area contributed by atoms with Crippen LogP contribution in [-0.4, -0.2) is 37.5 Å². The van der Waals surface area contributed by atoms with Gasteiger partial charge in [0.1, 0.15) is 5.82 Å². The Morgan fingerprint density at radius 3 is 2.24 bits per heavy atom. The van der Waals surface area contributed by atoms with Crippen molar-refractivity contribution in [2.24, 2.45) is 0 Å². The van der Waals surface area contributed by atoms with Crippen molar-refractivity contribution in [1.82, 2.24) is 10.2 Å². The van der Waals surface area contributed by atoms with Crippen LogP contribution in [0.15, 0.2) is 18.2 Å². The van der Waals surface area contributed by atoms with Crippen LogP contribution < -0.4 is 5.32 Å². The summed E-state index contributed by atoms with van der Waals surface area (Å²) in [5, 5.41) is 2.95. The Morgan fingerprint density at radius 1 is 1.10 bits per heavy atom. The Balaban J connectivity index is 2.44. The van der Waals surface area contributed by atoms with Gasteiger partial charge in [0.25, 0.3) is 6.43 Å². The Hall–Kier alpha value is -1.28. The summed E-state index contributed by atoms with van der Waals surface area (Å²) in [6, 6.07) is 0.163. The first kappa shape index (κ1) is 16.1. The number of rotatable bonds is 3. The van der Waals surface area contributed by atoms with E-state index in [1.807, 2.05) is 0 Å². The van der Waals surface area contributed by atoms with E-state index in [9.17, 15) is 26.3 Å². The standard InChI is InChI=1S/C13H14F6N2/c14-8-1-2-9(10(7-8)13(17,18)19)11(12(15)16)21-5-3-20-4-6-21/h1-2,7,11-12,20H,3-6H2/t11-/m1/s1. The van der Waals surface area contributed by atoms with E-state index in [1.165, 1.54) is 4.90 Å². The van der Waals surface area contributed by atoms with Gasteiger partial charge in [0.15, 0.2) is 0 Å². The lowest BCUT2D eigenvalue weighted by Gasteiger charge is -2.35. The summed E-state index contributed by atoms with van der Waals surface area (Å²) in [7, 11) is 0. The Morgan fingerprint density at radius 2 is 1.71 bits per heavy atom. The molecule has 1 saturated heterocycles. The van der Waals surface area contributed by atoms with Crippen molar-refractivity contribution < 1.29 is 26.3 Å². The molecule has 1 aromatic rings. The van der Waals surface area contributed by atoms with E-state index in [0.29, 0.717) is 13.1 Å². The summed E-state index contributed by atoms with van der Waals surface area (Å²) >= 11 is 0. The zero-order valence-corrected chi connectivity index (χ0v) is 10.9. The molecule has 1 N–H and O–H groups in total. The fourth-order valence-electron chi connectivity index (χ4n) is 2.48. The second-order valence-electron chi connectivity index (χ2n) is 4.79. The minimum atomic E-state index is -4.88. The summed E-state index contributed by atoms with van der Waals surface area (Å²) in [5.74, 6) is -1.10. The highest BCUT2D eigenvalue weighted by atomic mass is 19.4. The van der Waals surface area contributed by atoms with Crippen molar-refractivity contribution in [3.8, 4) is 0 Å². The molecule has 0 amide bonds. The van der Waals surface area contributed by atoms with Crippen LogP contribution in [0.4, 0.5) is 26.3 Å². The molecule has 0 aromatic heterocycles. The molecule has 1 heterocycles. The molecule has 21 heavy (non-hydrogen) atoms. The first-order chi connectivity index (χ1) is 9.80. The maximum Gasteiger partial charge on any atom is 0.416 e. The molecule has 0 spiro atoms. The van der Waals surface area contributed by atoms with Crippen LogP contribution in [0.2, 0.25) is 0 Å². The number of alkyl halides is 5. The smallest absolute Gasteiger partial charge is 0.314 e. The van der Waals surface area contributed by atoms with Gasteiger partial charge in [0, 0.05) is 26.2 Å². The second-order valence-corrected chi connectivity index (χ2v) is 4.79. The van der Waals surface area contributed by atoms with Gasteiger partial charge in [-0.2, -0.15) is 13.2 Å². The van der Waals surface area contributed by atoms with Gasteiger partial charge in [0.05, 0.1) is 11.6 Å². The zero-order valence-electron chi connectivity index (χ0n) is 10.9. The highest BCUT2D eigenvalue weighted by molar-refractivity contribution is 5.33. The fourth-order valence-corrected chi connectivity index (χ4v) is 2.48. The topological polar surface area (TPSA) is 15.3 Å². The molecule has 8 heteroatoms. The third-order valence-electron chi connectivity index (χ3n) is 3.42. The van der Waals surface area contributed by atoms with Crippen LogP contribution in [0, 0.1) is 5.82 Å². The predicted octanol–water partition coefficient (Wildman–Crippen LogP) is 3.06. The number of piperazine rings is 1. The van der Waals surface area contributed by atoms with Gasteiger partial charge in [-0.05, 0) is 17.7 Å². The molecule has 1 aliphatic heterocycles. The lowest BCUT2D eigenvalue weighted by atomic mass is 9.98. The molecule has 2 nitrogen and oxygen atoms in total. The van der Waals surface area contributed by atoms with Crippen LogP contribution in [0.3, 0.4) is 0 Å². The van der Waals surface area contributed by atoms with Gasteiger partial charge in [-0.3, -0.25) is 4.90 Å². The molecule has 118 valence electrons. The summed E-state index contributed by atoms with van der Waals surface area (Å²) in [6.45, 7) is 1.27. The maximum absolute atomic E-state index is 13.3. The summed E-state index contributed by atoms with van der Waals surface area (Å²) in [4.78, 5) is 1.30. The molecule has 1 fully saturated rings. The van der Waals surface area contributed by atoms with Crippen LogP contribution in [-0.2, 0) is 6.18 Å². The fraction of sp³-hybridized carbons (Fsp3) is 0.538. The van der Waals surface area contributed by atoms with E-state index < -0.39 is 35.6 Å². The van der Waals surface area contributed by atoms with E-state index >= 15 is 0 Å². The predicted molar refractivity (Wildman–Crippen MR) is 64.6 cm³/mol. The summed E-state index contributed by atoms with van der Waals surface area (Å²) in [6.07, 6.45) is -7.87. The van der Waals surface area contributed by atoms with Gasteiger partial charge in [-0.25, -0.2) is 13.2 Å². The van der Waals surface area contributed by atoms with Crippen molar-refractivity contribution in [2.45, 2.75) is 18.6 Å². The molecular formula is C13H14F6N2. The Labute approximate surface area is 117 Å². The van der Waals surface area contributed by atoms with Crippen molar-refractivity contribution in [1.29, 1.82) is 0 Å². The molecule has 0 bridgehead atoms. The highest BCUT2D eigenvalue weighted by Gasteiger charge is 2.40. The van der Waals surface area contributed by atoms with Crippen molar-refractivity contribution in [3.05, 3.63) is 35.1 Å². The average molecular weight is 312 g/mol. The van der Waals surface area contributed by atoms with Crippen molar-refractivity contribution in [2.75, 3.05) is 26.2 Å². The minimum absolute atomic E-state index is 0.212. The number of nitrogens with one attached hydrogen (secondary N) is 1. The lowest BCUT2D eigenvalue weighted by molar-refractivity contribution is -0.139. The number of benzene rings is 1. The molecule has 0 radical (unpaired) electrons. The Bertz CT molecular complexity index is 482. The number of nitrogens with zero attached hydrogens (tertiary/aromatic N) is 1. The van der Waals surface area contributed by atoms with Gasteiger partial charge in [-0.1, -0.05) is 6.07 Å². The first-order valence-corrected chi connectivity index (χ1v) is 6.40. The second kappa shape index (κ2) is 6.23. The van der Waals surface area contributed by atoms with E-state index in [1.54, 1.807) is 0 Å². The van der Waals surface area contributed by atoms with E-state index in [0.717, 1.165) is 12.1 Å². The normalized spacial score (nSPS) is 19.0. The van der Waals surface area contributed by atoms with Crippen LogP contribution in [0.1, 0.15) is 17.2 Å². The molecule has 0 aliphatic carbocycles. The average Bonchev–Trinajstić information content (AvgIpc) is 2.40. The van der Waals surface area contributed by atoms with Gasteiger partial charge in [0.2, 0.25) is 0 Å². The van der Waals surface area contributed by atoms with Crippen molar-refractivity contribution in [3.63, 3.8) is 0 Å². The van der Waals surface area contributed by atoms with Crippen LogP contribution in [0.5, 0.6) is 0 Å². The number of hydrogen-bond donors (Lipinski definition) is 1. The maximum atomic E-state index is 13.3. The first-order valence-electron chi connectivity index (χ1n) is 6.40. The minimum Gasteiger partial charge on any atom is -0.314 e. The molecule has 0 saturated carbocycles. The van der Waals surface area contributed by atoms with E-state index in [-0.39, 0.29) is 19.2 Å². The van der Waals surface area contributed by atoms with Crippen LogP contribution in [0.25, 0.3) is 0 Å². The number of halogens is 6. The van der Waals surface area contributed by atoms with Gasteiger partial charge in [-0.15, -0.1) is 0 Å². The highest BCUT2D eigenvalue weighted by Crippen LogP contribution is 2.39. The van der Waals surface area contributed by atoms with Crippen LogP contribution >= 0.6 is 0 Å². The zero-order chi connectivity index (χ0) is 15.6. The third kappa shape index (κ3) is 3.68. The Kier molecular flexibility index (Phi) is 4.77. The lowest BCUT2D eigenvalue weighted by Crippen LogP contribution is -2.47. The number of hydrogen-bond acceptors (Lipinski definition) is 2. The van der Waals surface area contributed by atoms with Crippen molar-refractivity contribution >= 4 is 0 Å². The monoisotopic (exact) mass is 312 g/mol. The summed E-state index contributed by atoms with van der Waals surface area (Å²) < 4.78 is 78.6. The van der Waals surface area contributed by atoms with Gasteiger partial charge < -0.3 is 5.32 Å². The third-order valence-corrected chi connectivity index (χ3v) is 3.42. The molecule has 2 rings (SSSR count). The van der Waals surface area contributed by atoms with E-state index in [4.69, 9.17) is 0 Å². The molecule has 1 aliphatic rings. The molecule has 0 unspecified atom stereocenters. The molecule has 1 atom stereocenters. The summed E-state index contributed by atoms with van der Waals surface area (Å²) in [5.41, 5.74) is -1.92. The van der Waals surface area contributed by atoms with E-state index in [2.05, 4.69) is 5.32 Å². The SMILES string of the molecule is Fc1ccc([C@H](C(F)F)N2CCNCC2)c(C(F)(F)F)c1. The molecular weight excluding hydrogens is 298 g/mol. The quantitative estimate of drug-likeness (QED) is 0.863. The van der Waals surface area contributed by atoms with Gasteiger partial charge >= 0.3 is 6.18 Å². The molecule has 1 aromatic carbocycles.